The third kappa shape index (κ3) is 3.82. The van der Waals surface area contributed by atoms with E-state index in [-0.39, 0.29) is 22.5 Å². The number of alkyl halides is 2. The molecule has 0 saturated carbocycles. The highest BCUT2D eigenvalue weighted by Gasteiger charge is 2.36. The molecule has 1 aromatic rings. The molecule has 1 heterocycles. The molecule has 25 heavy (non-hydrogen) atoms. The van der Waals surface area contributed by atoms with Crippen LogP contribution in [-0.2, 0) is 9.53 Å². The van der Waals surface area contributed by atoms with Gasteiger partial charge in [-0.25, -0.2) is 4.79 Å². The molecule has 0 fully saturated rings. The summed E-state index contributed by atoms with van der Waals surface area (Å²) < 4.78 is 35.6. The van der Waals surface area contributed by atoms with Crippen molar-refractivity contribution in [2.75, 3.05) is 7.11 Å². The number of carbonyl (C=O) groups excluding carboxylic acids is 1. The average Bonchev–Trinajstić information content (AvgIpc) is 2.54. The molecule has 0 spiro atoms. The van der Waals surface area contributed by atoms with Crippen molar-refractivity contribution < 1.29 is 23.0 Å². The van der Waals surface area contributed by atoms with E-state index in [0.29, 0.717) is 15.9 Å². The Morgan fingerprint density at radius 1 is 1.36 bits per heavy atom. The van der Waals surface area contributed by atoms with Crippen LogP contribution in [0.4, 0.5) is 8.78 Å². The molecule has 5 nitrogen and oxygen atoms in total. The summed E-state index contributed by atoms with van der Waals surface area (Å²) in [5.41, 5.74) is 1.67. The lowest BCUT2D eigenvalue weighted by Crippen LogP contribution is -2.28. The number of allylic oxidation sites excluding steroid dienone is 3. The molecule has 0 radical (unpaired) electrons. The SMILES string of the molecule is COC(=O)C1=C(C)NC(C)=C(C#N)[C@H]1c1cc(Br)ccc1OC(F)F. The van der Waals surface area contributed by atoms with E-state index in [1.807, 2.05) is 6.07 Å². The molecule has 0 saturated heterocycles. The molecule has 1 aliphatic rings. The Bertz CT molecular complexity index is 813. The Kier molecular flexibility index (Phi) is 5.80. The normalized spacial score (nSPS) is 17.3. The van der Waals surface area contributed by atoms with Crippen molar-refractivity contribution in [2.45, 2.75) is 26.4 Å². The minimum Gasteiger partial charge on any atom is -0.466 e. The van der Waals surface area contributed by atoms with Crippen molar-refractivity contribution in [3.63, 3.8) is 0 Å². The van der Waals surface area contributed by atoms with Gasteiger partial charge in [0.25, 0.3) is 0 Å². The topological polar surface area (TPSA) is 71.3 Å². The summed E-state index contributed by atoms with van der Waals surface area (Å²) in [7, 11) is 1.22. The van der Waals surface area contributed by atoms with Gasteiger partial charge >= 0.3 is 12.6 Å². The fourth-order valence-electron chi connectivity index (χ4n) is 2.78. The summed E-state index contributed by atoms with van der Waals surface area (Å²) in [6, 6.07) is 6.50. The van der Waals surface area contributed by atoms with E-state index >= 15 is 0 Å². The molecule has 0 bridgehead atoms. The maximum Gasteiger partial charge on any atom is 0.387 e. The second kappa shape index (κ2) is 7.66. The molecule has 0 aromatic heterocycles. The smallest absolute Gasteiger partial charge is 0.387 e. The maximum absolute atomic E-state index is 12.8. The van der Waals surface area contributed by atoms with Gasteiger partial charge in [-0.1, -0.05) is 15.9 Å². The lowest BCUT2D eigenvalue weighted by atomic mass is 9.80. The first-order valence-electron chi connectivity index (χ1n) is 7.21. The summed E-state index contributed by atoms with van der Waals surface area (Å²) in [4.78, 5) is 12.3. The lowest BCUT2D eigenvalue weighted by Gasteiger charge is -2.29. The fraction of sp³-hybridized carbons (Fsp3) is 0.294. The molecule has 1 atom stereocenters. The van der Waals surface area contributed by atoms with Crippen molar-refractivity contribution in [3.05, 3.63) is 50.8 Å². The van der Waals surface area contributed by atoms with E-state index in [2.05, 4.69) is 26.0 Å². The van der Waals surface area contributed by atoms with Gasteiger partial charge in [0, 0.05) is 21.4 Å². The van der Waals surface area contributed by atoms with Gasteiger partial charge in [0.2, 0.25) is 0 Å². The quantitative estimate of drug-likeness (QED) is 0.757. The second-order valence-electron chi connectivity index (χ2n) is 5.30. The number of esters is 1. The van der Waals surface area contributed by atoms with Gasteiger partial charge in [-0.05, 0) is 32.0 Å². The van der Waals surface area contributed by atoms with Crippen LogP contribution >= 0.6 is 15.9 Å². The predicted octanol–water partition coefficient (Wildman–Crippen LogP) is 3.98. The highest BCUT2D eigenvalue weighted by atomic mass is 79.9. The number of hydrogen-bond donors (Lipinski definition) is 1. The largest absolute Gasteiger partial charge is 0.466 e. The molecular formula is C17H15BrF2N2O3. The molecule has 1 aliphatic heterocycles. The van der Waals surface area contributed by atoms with Crippen LogP contribution in [0.5, 0.6) is 5.75 Å². The van der Waals surface area contributed by atoms with Crippen LogP contribution in [0, 0.1) is 11.3 Å². The molecule has 1 N–H and O–H groups in total. The van der Waals surface area contributed by atoms with E-state index in [4.69, 9.17) is 4.74 Å². The zero-order valence-corrected chi connectivity index (χ0v) is 15.3. The van der Waals surface area contributed by atoms with Crippen molar-refractivity contribution in [3.8, 4) is 11.8 Å². The summed E-state index contributed by atoms with van der Waals surface area (Å²) in [5.74, 6) is -1.65. The highest BCUT2D eigenvalue weighted by Crippen LogP contribution is 2.43. The van der Waals surface area contributed by atoms with E-state index in [1.165, 1.54) is 13.2 Å². The molecular weight excluding hydrogens is 398 g/mol. The second-order valence-corrected chi connectivity index (χ2v) is 6.22. The Labute approximate surface area is 152 Å². The number of methoxy groups -OCH3 is 1. The molecule has 8 heteroatoms. The minimum absolute atomic E-state index is 0.111. The molecule has 0 amide bonds. The summed E-state index contributed by atoms with van der Waals surface area (Å²) in [5, 5.41) is 12.5. The number of carbonyl (C=O) groups is 1. The van der Waals surface area contributed by atoms with Gasteiger partial charge in [-0.3, -0.25) is 0 Å². The van der Waals surface area contributed by atoms with Crippen molar-refractivity contribution in [1.82, 2.24) is 5.32 Å². The molecule has 132 valence electrons. The number of hydrogen-bond acceptors (Lipinski definition) is 5. The number of halogens is 3. The molecule has 0 unspecified atom stereocenters. The zero-order valence-electron chi connectivity index (χ0n) is 13.7. The van der Waals surface area contributed by atoms with Crippen molar-refractivity contribution >= 4 is 21.9 Å². The first-order valence-corrected chi connectivity index (χ1v) is 8.00. The van der Waals surface area contributed by atoms with E-state index < -0.39 is 18.5 Å². The van der Waals surface area contributed by atoms with Gasteiger partial charge < -0.3 is 14.8 Å². The van der Waals surface area contributed by atoms with Gasteiger partial charge in [-0.2, -0.15) is 14.0 Å². The lowest BCUT2D eigenvalue weighted by molar-refractivity contribution is -0.136. The maximum atomic E-state index is 12.8. The Balaban J connectivity index is 2.74. The number of rotatable bonds is 4. The predicted molar refractivity (Wildman–Crippen MR) is 89.7 cm³/mol. The van der Waals surface area contributed by atoms with Crippen LogP contribution in [0.2, 0.25) is 0 Å². The number of nitrogens with zero attached hydrogens (tertiary/aromatic N) is 1. The highest BCUT2D eigenvalue weighted by molar-refractivity contribution is 9.10. The molecule has 0 aliphatic carbocycles. The van der Waals surface area contributed by atoms with Crippen molar-refractivity contribution in [2.24, 2.45) is 0 Å². The summed E-state index contributed by atoms with van der Waals surface area (Å²) in [6.45, 7) is 0.293. The Morgan fingerprint density at radius 2 is 2.04 bits per heavy atom. The number of benzene rings is 1. The first kappa shape index (κ1) is 18.9. The van der Waals surface area contributed by atoms with E-state index in [9.17, 15) is 18.8 Å². The third-order valence-electron chi connectivity index (χ3n) is 3.79. The van der Waals surface area contributed by atoms with Crippen LogP contribution in [0.15, 0.2) is 45.2 Å². The first-order chi connectivity index (χ1) is 11.8. The number of nitriles is 1. The van der Waals surface area contributed by atoms with Crippen LogP contribution < -0.4 is 10.1 Å². The molecule has 2 rings (SSSR count). The summed E-state index contributed by atoms with van der Waals surface area (Å²) in [6.07, 6.45) is 0. The van der Waals surface area contributed by atoms with Crippen LogP contribution in [0.3, 0.4) is 0 Å². The zero-order chi connectivity index (χ0) is 18.7. The minimum atomic E-state index is -3.04. The van der Waals surface area contributed by atoms with Crippen LogP contribution in [0.1, 0.15) is 25.3 Å². The number of dihydropyridines is 1. The fourth-order valence-corrected chi connectivity index (χ4v) is 3.16. The monoisotopic (exact) mass is 412 g/mol. The van der Waals surface area contributed by atoms with E-state index in [0.717, 1.165) is 0 Å². The van der Waals surface area contributed by atoms with Gasteiger partial charge in [-0.15, -0.1) is 0 Å². The van der Waals surface area contributed by atoms with Crippen molar-refractivity contribution in [1.29, 1.82) is 5.26 Å². The summed E-state index contributed by atoms with van der Waals surface area (Å²) >= 11 is 3.29. The number of ether oxygens (including phenoxy) is 2. The third-order valence-corrected chi connectivity index (χ3v) is 4.28. The van der Waals surface area contributed by atoms with Gasteiger partial charge in [0.15, 0.2) is 0 Å². The standard InChI is InChI=1S/C17H15BrF2N2O3/c1-8-12(7-21)15(14(9(2)22-8)16(23)24-3)11-6-10(18)4-5-13(11)25-17(19)20/h4-6,15,17,22H,1-3H3/t15-/m1/s1. The number of nitrogens with one attached hydrogen (secondary N) is 1. The molecule has 1 aromatic carbocycles. The van der Waals surface area contributed by atoms with Crippen LogP contribution in [0.25, 0.3) is 0 Å². The van der Waals surface area contributed by atoms with Crippen LogP contribution in [-0.4, -0.2) is 19.7 Å². The Morgan fingerprint density at radius 3 is 2.60 bits per heavy atom. The van der Waals surface area contributed by atoms with Gasteiger partial charge in [0.1, 0.15) is 5.75 Å². The average molecular weight is 413 g/mol. The Hall–Kier alpha value is -2.40. The van der Waals surface area contributed by atoms with E-state index in [1.54, 1.807) is 26.0 Å². The van der Waals surface area contributed by atoms with Gasteiger partial charge in [0.05, 0.1) is 30.2 Å².